The molecule has 0 saturated heterocycles. The van der Waals surface area contributed by atoms with Crippen LogP contribution < -0.4 is 10.5 Å². The molecule has 0 atom stereocenters. The molecule has 3 nitrogen and oxygen atoms in total. The van der Waals surface area contributed by atoms with Gasteiger partial charge in [-0.2, -0.15) is 0 Å². The van der Waals surface area contributed by atoms with Gasteiger partial charge in [0.25, 0.3) is 0 Å². The molecule has 0 fully saturated rings. The molecule has 1 aromatic carbocycles. The number of nitrogens with zero attached hydrogens (tertiary/aromatic N) is 1. The normalized spacial score (nSPS) is 10.7. The van der Waals surface area contributed by atoms with E-state index in [0.29, 0.717) is 13.2 Å². The Morgan fingerprint density at radius 3 is 2.40 bits per heavy atom. The molecule has 0 heterocycles. The average molecular weight is 208 g/mol. The van der Waals surface area contributed by atoms with Crippen molar-refractivity contribution in [2.75, 3.05) is 27.2 Å². The summed E-state index contributed by atoms with van der Waals surface area (Å²) < 4.78 is 5.51. The van der Waals surface area contributed by atoms with Crippen molar-refractivity contribution in [3.8, 4) is 5.75 Å². The van der Waals surface area contributed by atoms with Crippen molar-refractivity contribution in [3.05, 3.63) is 29.8 Å². The molecule has 84 valence electrons. The first-order valence-corrected chi connectivity index (χ1v) is 5.29. The van der Waals surface area contributed by atoms with Gasteiger partial charge in [0, 0.05) is 6.54 Å². The van der Waals surface area contributed by atoms with E-state index < -0.39 is 0 Å². The molecular weight excluding hydrogens is 188 g/mol. The van der Waals surface area contributed by atoms with Crippen LogP contribution >= 0.6 is 0 Å². The molecule has 0 radical (unpaired) electrons. The van der Waals surface area contributed by atoms with Crippen molar-refractivity contribution in [2.45, 2.75) is 13.0 Å². The molecule has 1 rings (SSSR count). The first kappa shape index (κ1) is 12.0. The maximum absolute atomic E-state index is 5.51. The van der Waals surface area contributed by atoms with Crippen LogP contribution in [0.3, 0.4) is 0 Å². The summed E-state index contributed by atoms with van der Waals surface area (Å²) in [6.45, 7) is 2.34. The second-order valence-corrected chi connectivity index (χ2v) is 3.87. The van der Waals surface area contributed by atoms with E-state index in [2.05, 4.69) is 31.1 Å². The number of hydrogen-bond acceptors (Lipinski definition) is 3. The largest absolute Gasteiger partial charge is 0.494 e. The summed E-state index contributed by atoms with van der Waals surface area (Å²) in [6.07, 6.45) is 0.902. The van der Waals surface area contributed by atoms with E-state index in [1.807, 2.05) is 12.1 Å². The SMILES string of the molecule is CN(C)Cc1ccc(OCCCN)cc1. The molecule has 3 heteroatoms. The van der Waals surface area contributed by atoms with Crippen LogP contribution in [0, 0.1) is 0 Å². The van der Waals surface area contributed by atoms with Gasteiger partial charge in [-0.05, 0) is 44.8 Å². The third-order valence-corrected chi connectivity index (χ3v) is 2.04. The van der Waals surface area contributed by atoms with Crippen molar-refractivity contribution in [3.63, 3.8) is 0 Å². The Balaban J connectivity index is 2.42. The zero-order valence-electron chi connectivity index (χ0n) is 9.57. The predicted octanol–water partition coefficient (Wildman–Crippen LogP) is 1.48. The Labute approximate surface area is 91.8 Å². The lowest BCUT2D eigenvalue weighted by molar-refractivity contribution is 0.313. The number of nitrogens with two attached hydrogens (primary N) is 1. The highest BCUT2D eigenvalue weighted by molar-refractivity contribution is 5.27. The van der Waals surface area contributed by atoms with Crippen molar-refractivity contribution >= 4 is 0 Å². The Bertz CT molecular complexity index is 269. The molecule has 0 bridgehead atoms. The van der Waals surface area contributed by atoms with Crippen LogP contribution in [0.1, 0.15) is 12.0 Å². The lowest BCUT2D eigenvalue weighted by atomic mass is 10.2. The lowest BCUT2D eigenvalue weighted by Crippen LogP contribution is -2.10. The second-order valence-electron chi connectivity index (χ2n) is 3.87. The molecule has 0 unspecified atom stereocenters. The number of hydrogen-bond donors (Lipinski definition) is 1. The molecule has 0 saturated carbocycles. The summed E-state index contributed by atoms with van der Waals surface area (Å²) in [7, 11) is 4.12. The monoisotopic (exact) mass is 208 g/mol. The van der Waals surface area contributed by atoms with Gasteiger partial charge in [0.05, 0.1) is 6.61 Å². The van der Waals surface area contributed by atoms with E-state index in [4.69, 9.17) is 10.5 Å². The summed E-state index contributed by atoms with van der Waals surface area (Å²) >= 11 is 0. The van der Waals surface area contributed by atoms with Crippen LogP contribution in [0.5, 0.6) is 5.75 Å². The molecule has 0 aliphatic carbocycles. The zero-order valence-corrected chi connectivity index (χ0v) is 9.57. The minimum Gasteiger partial charge on any atom is -0.494 e. The third-order valence-electron chi connectivity index (χ3n) is 2.04. The summed E-state index contributed by atoms with van der Waals surface area (Å²) in [6, 6.07) is 8.21. The number of ether oxygens (including phenoxy) is 1. The van der Waals surface area contributed by atoms with Gasteiger partial charge in [-0.3, -0.25) is 0 Å². The predicted molar refractivity (Wildman–Crippen MR) is 63.0 cm³/mol. The van der Waals surface area contributed by atoms with Crippen LogP contribution in [0.25, 0.3) is 0 Å². The standard InChI is InChI=1S/C12H20N2O/c1-14(2)10-11-4-6-12(7-5-11)15-9-3-8-13/h4-7H,3,8-10,13H2,1-2H3. The fourth-order valence-electron chi connectivity index (χ4n) is 1.33. The number of benzene rings is 1. The molecule has 2 N–H and O–H groups in total. The van der Waals surface area contributed by atoms with Gasteiger partial charge in [-0.25, -0.2) is 0 Å². The Morgan fingerprint density at radius 2 is 1.87 bits per heavy atom. The smallest absolute Gasteiger partial charge is 0.119 e. The topological polar surface area (TPSA) is 38.5 Å². The van der Waals surface area contributed by atoms with Crippen LogP contribution in [0.2, 0.25) is 0 Å². The molecule has 0 aliphatic heterocycles. The van der Waals surface area contributed by atoms with Gasteiger partial charge in [0.1, 0.15) is 5.75 Å². The molecule has 1 aromatic rings. The van der Waals surface area contributed by atoms with E-state index in [1.165, 1.54) is 5.56 Å². The number of rotatable bonds is 6. The van der Waals surface area contributed by atoms with E-state index in [-0.39, 0.29) is 0 Å². The van der Waals surface area contributed by atoms with Crippen LogP contribution in [-0.2, 0) is 6.54 Å². The minimum atomic E-state index is 0.679. The summed E-state index contributed by atoms with van der Waals surface area (Å²) in [5.41, 5.74) is 6.68. The maximum atomic E-state index is 5.51. The Kier molecular flexibility index (Phi) is 5.15. The van der Waals surface area contributed by atoms with Gasteiger partial charge >= 0.3 is 0 Å². The van der Waals surface area contributed by atoms with E-state index >= 15 is 0 Å². The molecule has 0 spiro atoms. The quantitative estimate of drug-likeness (QED) is 0.720. The highest BCUT2D eigenvalue weighted by Gasteiger charge is 1.96. The van der Waals surface area contributed by atoms with Gasteiger partial charge < -0.3 is 15.4 Å². The van der Waals surface area contributed by atoms with Crippen LogP contribution in [0.15, 0.2) is 24.3 Å². The zero-order chi connectivity index (χ0) is 11.1. The highest BCUT2D eigenvalue weighted by atomic mass is 16.5. The first-order chi connectivity index (χ1) is 7.22. The van der Waals surface area contributed by atoms with Crippen LogP contribution in [0.4, 0.5) is 0 Å². The van der Waals surface area contributed by atoms with Gasteiger partial charge in [-0.1, -0.05) is 12.1 Å². The molecule has 0 aliphatic rings. The lowest BCUT2D eigenvalue weighted by Gasteiger charge is -2.10. The molecule has 15 heavy (non-hydrogen) atoms. The summed E-state index contributed by atoms with van der Waals surface area (Å²) in [5, 5.41) is 0. The fourth-order valence-corrected chi connectivity index (χ4v) is 1.33. The van der Waals surface area contributed by atoms with E-state index in [1.54, 1.807) is 0 Å². The van der Waals surface area contributed by atoms with E-state index in [9.17, 15) is 0 Å². The van der Waals surface area contributed by atoms with Gasteiger partial charge in [0.15, 0.2) is 0 Å². The van der Waals surface area contributed by atoms with Crippen molar-refractivity contribution in [1.82, 2.24) is 4.90 Å². The van der Waals surface area contributed by atoms with Crippen molar-refractivity contribution in [1.29, 1.82) is 0 Å². The molecular formula is C12H20N2O. The summed E-state index contributed by atoms with van der Waals surface area (Å²) in [5.74, 6) is 0.922. The van der Waals surface area contributed by atoms with Crippen molar-refractivity contribution in [2.24, 2.45) is 5.73 Å². The molecule has 0 amide bonds. The second kappa shape index (κ2) is 6.43. The first-order valence-electron chi connectivity index (χ1n) is 5.29. The maximum Gasteiger partial charge on any atom is 0.119 e. The Hall–Kier alpha value is -1.06. The minimum absolute atomic E-state index is 0.679. The van der Waals surface area contributed by atoms with Gasteiger partial charge in [-0.15, -0.1) is 0 Å². The van der Waals surface area contributed by atoms with E-state index in [0.717, 1.165) is 18.7 Å². The average Bonchev–Trinajstić information content (AvgIpc) is 2.20. The van der Waals surface area contributed by atoms with Crippen molar-refractivity contribution < 1.29 is 4.74 Å². The van der Waals surface area contributed by atoms with Crippen LogP contribution in [-0.4, -0.2) is 32.1 Å². The summed E-state index contributed by atoms with van der Waals surface area (Å²) in [4.78, 5) is 2.14. The third kappa shape index (κ3) is 4.81. The molecule has 0 aromatic heterocycles. The Morgan fingerprint density at radius 1 is 1.20 bits per heavy atom. The highest BCUT2D eigenvalue weighted by Crippen LogP contribution is 2.13. The van der Waals surface area contributed by atoms with Gasteiger partial charge in [0.2, 0.25) is 0 Å². The fraction of sp³-hybridized carbons (Fsp3) is 0.500.